The van der Waals surface area contributed by atoms with Gasteiger partial charge in [0.2, 0.25) is 0 Å². The van der Waals surface area contributed by atoms with Crippen molar-refractivity contribution in [3.05, 3.63) is 64.7 Å². The zero-order valence-corrected chi connectivity index (χ0v) is 16.7. The minimum atomic E-state index is -0.931. The number of rotatable bonds is 7. The fraction of sp³-hybridized carbons (Fsp3) is 0.286. The average molecular weight is 403 g/mol. The fourth-order valence-corrected chi connectivity index (χ4v) is 2.76. The molecule has 0 aliphatic carbocycles. The van der Waals surface area contributed by atoms with Crippen molar-refractivity contribution in [3.63, 3.8) is 0 Å². The molecule has 0 unspecified atom stereocenters. The number of esters is 1. The number of carbonyl (C=O) groups excluding carboxylic acids is 3. The Hall–Kier alpha value is -2.86. The van der Waals surface area contributed by atoms with Crippen LogP contribution in [0.4, 0.5) is 5.69 Å². The first-order chi connectivity index (χ1) is 13.3. The Morgan fingerprint density at radius 2 is 1.64 bits per heavy atom. The van der Waals surface area contributed by atoms with Gasteiger partial charge in [-0.3, -0.25) is 9.59 Å². The molecule has 2 aromatic rings. The quantitative estimate of drug-likeness (QED) is 0.690. The second-order valence-electron chi connectivity index (χ2n) is 6.57. The summed E-state index contributed by atoms with van der Waals surface area (Å²) in [4.78, 5) is 36.4. The lowest BCUT2D eigenvalue weighted by atomic mass is 10.0. The van der Waals surface area contributed by atoms with Crippen LogP contribution in [-0.2, 0) is 14.3 Å². The van der Waals surface area contributed by atoms with Crippen molar-refractivity contribution in [2.24, 2.45) is 0 Å². The Morgan fingerprint density at radius 1 is 1.00 bits per heavy atom. The van der Waals surface area contributed by atoms with Crippen molar-refractivity contribution >= 4 is 35.1 Å². The molecule has 7 heteroatoms. The highest BCUT2D eigenvalue weighted by atomic mass is 35.5. The number of benzene rings is 2. The van der Waals surface area contributed by atoms with E-state index in [0.29, 0.717) is 5.69 Å². The largest absolute Gasteiger partial charge is 0.454 e. The Bertz CT molecular complexity index is 867. The van der Waals surface area contributed by atoms with Crippen molar-refractivity contribution in [1.82, 2.24) is 5.32 Å². The van der Waals surface area contributed by atoms with Gasteiger partial charge >= 0.3 is 5.97 Å². The van der Waals surface area contributed by atoms with E-state index < -0.39 is 30.4 Å². The molecule has 6 nitrogen and oxygen atoms in total. The minimum Gasteiger partial charge on any atom is -0.454 e. The highest BCUT2D eigenvalue weighted by Gasteiger charge is 2.20. The van der Waals surface area contributed by atoms with Gasteiger partial charge in [0.25, 0.3) is 11.8 Å². The zero-order valence-electron chi connectivity index (χ0n) is 16.0. The first-order valence-electron chi connectivity index (χ1n) is 8.90. The summed E-state index contributed by atoms with van der Waals surface area (Å²) < 4.78 is 5.01. The Morgan fingerprint density at radius 3 is 2.32 bits per heavy atom. The van der Waals surface area contributed by atoms with Crippen LogP contribution in [0.5, 0.6) is 0 Å². The molecule has 2 rings (SSSR count). The van der Waals surface area contributed by atoms with Crippen LogP contribution in [0.15, 0.2) is 48.5 Å². The number of halogens is 1. The normalized spacial score (nSPS) is 11.6. The van der Waals surface area contributed by atoms with Gasteiger partial charge in [-0.15, -0.1) is 0 Å². The van der Waals surface area contributed by atoms with Gasteiger partial charge in [-0.05, 0) is 36.6 Å². The Kier molecular flexibility index (Phi) is 7.58. The molecular formula is C21H23ClN2O4. The molecule has 2 amide bonds. The molecule has 0 aliphatic heterocycles. The summed E-state index contributed by atoms with van der Waals surface area (Å²) in [6, 6.07) is 13.0. The number of para-hydroxylation sites is 1. The molecule has 0 aromatic heterocycles. The molecule has 2 aromatic carbocycles. The summed E-state index contributed by atoms with van der Waals surface area (Å²) in [6.07, 6.45) is 0. The lowest BCUT2D eigenvalue weighted by Gasteiger charge is -2.15. The van der Waals surface area contributed by atoms with Gasteiger partial charge in [0.15, 0.2) is 6.61 Å². The van der Waals surface area contributed by atoms with E-state index in [1.165, 1.54) is 6.92 Å². The SMILES string of the molecule is CC(C)c1ccccc1NC(=O)COC(=O)[C@H](C)NC(=O)c1ccccc1Cl. The molecular weight excluding hydrogens is 380 g/mol. The number of anilines is 1. The monoisotopic (exact) mass is 402 g/mol. The smallest absolute Gasteiger partial charge is 0.328 e. The van der Waals surface area contributed by atoms with E-state index >= 15 is 0 Å². The minimum absolute atomic E-state index is 0.235. The molecule has 0 bridgehead atoms. The van der Waals surface area contributed by atoms with Gasteiger partial charge < -0.3 is 15.4 Å². The summed E-state index contributed by atoms with van der Waals surface area (Å²) in [7, 11) is 0. The van der Waals surface area contributed by atoms with Crippen LogP contribution in [-0.4, -0.2) is 30.4 Å². The van der Waals surface area contributed by atoms with Gasteiger partial charge in [0, 0.05) is 5.69 Å². The fourth-order valence-electron chi connectivity index (χ4n) is 2.54. The van der Waals surface area contributed by atoms with Crippen LogP contribution in [0.2, 0.25) is 5.02 Å². The summed E-state index contributed by atoms with van der Waals surface area (Å²) >= 11 is 5.97. The van der Waals surface area contributed by atoms with Crippen LogP contribution in [0.3, 0.4) is 0 Å². The third-order valence-electron chi connectivity index (χ3n) is 4.02. The number of hydrogen-bond donors (Lipinski definition) is 2. The van der Waals surface area contributed by atoms with Gasteiger partial charge in [0.1, 0.15) is 6.04 Å². The van der Waals surface area contributed by atoms with Crippen molar-refractivity contribution in [1.29, 1.82) is 0 Å². The summed E-state index contributed by atoms with van der Waals surface area (Å²) in [6.45, 7) is 5.07. The number of ether oxygens (including phenoxy) is 1. The van der Waals surface area contributed by atoms with E-state index in [2.05, 4.69) is 10.6 Å². The van der Waals surface area contributed by atoms with Crippen LogP contribution >= 0.6 is 11.6 Å². The molecule has 1 atom stereocenters. The van der Waals surface area contributed by atoms with Crippen molar-refractivity contribution < 1.29 is 19.1 Å². The average Bonchev–Trinajstić information content (AvgIpc) is 2.66. The molecule has 0 heterocycles. The van der Waals surface area contributed by atoms with E-state index in [9.17, 15) is 14.4 Å². The maximum atomic E-state index is 12.2. The molecule has 0 radical (unpaired) electrons. The van der Waals surface area contributed by atoms with Gasteiger partial charge in [-0.25, -0.2) is 4.79 Å². The van der Waals surface area contributed by atoms with E-state index in [-0.39, 0.29) is 16.5 Å². The maximum absolute atomic E-state index is 12.2. The van der Waals surface area contributed by atoms with Crippen molar-refractivity contribution in [2.45, 2.75) is 32.7 Å². The first-order valence-corrected chi connectivity index (χ1v) is 9.28. The number of amides is 2. The lowest BCUT2D eigenvalue weighted by Crippen LogP contribution is -2.40. The van der Waals surface area contributed by atoms with Crippen molar-refractivity contribution in [3.8, 4) is 0 Å². The predicted octanol–water partition coefficient (Wildman–Crippen LogP) is 3.76. The van der Waals surface area contributed by atoms with Crippen LogP contribution in [0, 0.1) is 0 Å². The number of hydrogen-bond acceptors (Lipinski definition) is 4. The van der Waals surface area contributed by atoms with Gasteiger partial charge in [0.05, 0.1) is 10.6 Å². The highest BCUT2D eigenvalue weighted by molar-refractivity contribution is 6.33. The Labute approximate surface area is 169 Å². The van der Waals surface area contributed by atoms with Gasteiger partial charge in [-0.2, -0.15) is 0 Å². The number of carbonyl (C=O) groups is 3. The van der Waals surface area contributed by atoms with Gasteiger partial charge in [-0.1, -0.05) is 55.8 Å². The third-order valence-corrected chi connectivity index (χ3v) is 4.35. The first kappa shape index (κ1) is 21.4. The Balaban J connectivity index is 1.87. The van der Waals surface area contributed by atoms with E-state index in [1.54, 1.807) is 30.3 Å². The van der Waals surface area contributed by atoms with E-state index in [4.69, 9.17) is 16.3 Å². The molecule has 0 fully saturated rings. The molecule has 0 spiro atoms. The van der Waals surface area contributed by atoms with Crippen LogP contribution < -0.4 is 10.6 Å². The van der Waals surface area contributed by atoms with E-state index in [0.717, 1.165) is 5.56 Å². The second-order valence-corrected chi connectivity index (χ2v) is 6.98. The summed E-state index contributed by atoms with van der Waals surface area (Å²) in [5.41, 5.74) is 1.92. The van der Waals surface area contributed by atoms with Crippen LogP contribution in [0.1, 0.15) is 42.6 Å². The maximum Gasteiger partial charge on any atom is 0.328 e. The van der Waals surface area contributed by atoms with Crippen LogP contribution in [0.25, 0.3) is 0 Å². The zero-order chi connectivity index (χ0) is 20.7. The molecule has 148 valence electrons. The number of nitrogens with one attached hydrogen (secondary N) is 2. The second kappa shape index (κ2) is 9.90. The predicted molar refractivity (Wildman–Crippen MR) is 108 cm³/mol. The molecule has 2 N–H and O–H groups in total. The summed E-state index contributed by atoms with van der Waals surface area (Å²) in [5.74, 6) is -1.43. The molecule has 28 heavy (non-hydrogen) atoms. The highest BCUT2D eigenvalue weighted by Crippen LogP contribution is 2.23. The van der Waals surface area contributed by atoms with Crippen molar-refractivity contribution in [2.75, 3.05) is 11.9 Å². The molecule has 0 saturated heterocycles. The molecule has 0 aliphatic rings. The standard InChI is InChI=1S/C21H23ClN2O4/c1-13(2)15-8-5-7-11-18(15)24-19(25)12-28-21(27)14(3)23-20(26)16-9-4-6-10-17(16)22/h4-11,13-14H,12H2,1-3H3,(H,23,26)(H,24,25)/t14-/m0/s1. The third kappa shape index (κ3) is 5.82. The molecule has 0 saturated carbocycles. The topological polar surface area (TPSA) is 84.5 Å². The lowest BCUT2D eigenvalue weighted by molar-refractivity contribution is -0.148. The van der Waals surface area contributed by atoms with E-state index in [1.807, 2.05) is 32.0 Å². The summed E-state index contributed by atoms with van der Waals surface area (Å²) in [5, 5.41) is 5.53.